The molecule has 2 aromatic carbocycles. The Kier molecular flexibility index (Phi) is 7.88. The van der Waals surface area contributed by atoms with Crippen LogP contribution in [0.25, 0.3) is 0 Å². The van der Waals surface area contributed by atoms with Crippen LogP contribution in [0.2, 0.25) is 5.02 Å². The Hall–Kier alpha value is -2.53. The molecule has 0 saturated heterocycles. The Labute approximate surface area is 171 Å². The molecule has 2 amide bonds. The van der Waals surface area contributed by atoms with Crippen molar-refractivity contribution >= 4 is 29.1 Å². The molecule has 0 atom stereocenters. The number of benzene rings is 2. The van der Waals surface area contributed by atoms with Crippen LogP contribution in [0.1, 0.15) is 35.1 Å². The number of anilines is 1. The molecule has 0 aliphatic heterocycles. The summed E-state index contributed by atoms with van der Waals surface area (Å²) in [7, 11) is 0. The van der Waals surface area contributed by atoms with Gasteiger partial charge in [0, 0.05) is 17.1 Å². The van der Waals surface area contributed by atoms with E-state index >= 15 is 0 Å². The van der Waals surface area contributed by atoms with E-state index in [1.807, 2.05) is 45.9 Å². The second-order valence-corrected chi connectivity index (χ2v) is 7.37. The molecular formula is C22H27ClN2O3. The quantitative estimate of drug-likeness (QED) is 0.639. The van der Waals surface area contributed by atoms with Gasteiger partial charge in [-0.1, -0.05) is 29.3 Å². The largest absolute Gasteiger partial charge is 0.494 e. The topological polar surface area (TPSA) is 67.4 Å². The Morgan fingerprint density at radius 1 is 0.964 bits per heavy atom. The van der Waals surface area contributed by atoms with Crippen molar-refractivity contribution in [1.29, 1.82) is 0 Å². The predicted octanol–water partition coefficient (Wildman–Crippen LogP) is 4.49. The number of aryl methyl sites for hydroxylation is 4. The van der Waals surface area contributed by atoms with Crippen molar-refractivity contribution in [1.82, 2.24) is 5.32 Å². The first kappa shape index (κ1) is 21.8. The zero-order valence-electron chi connectivity index (χ0n) is 16.8. The standard InChI is InChI=1S/C22H27ClN2O3/c1-14-10-16(3)22(17(4)11-14)25-21(27)13-24-20(26)6-5-9-28-18-7-8-19(23)15(2)12-18/h7-8,10-12H,5-6,9,13H2,1-4H3,(H,24,26)(H,25,27). The van der Waals surface area contributed by atoms with Gasteiger partial charge in [0.05, 0.1) is 13.2 Å². The van der Waals surface area contributed by atoms with Gasteiger partial charge in [-0.05, 0) is 69.0 Å². The van der Waals surface area contributed by atoms with Crippen LogP contribution in [0, 0.1) is 27.7 Å². The maximum Gasteiger partial charge on any atom is 0.243 e. The number of rotatable bonds is 8. The number of amides is 2. The molecule has 150 valence electrons. The molecule has 0 bridgehead atoms. The SMILES string of the molecule is Cc1cc(C)c(NC(=O)CNC(=O)CCCOc2ccc(Cl)c(C)c2)c(C)c1. The Morgan fingerprint density at radius 3 is 2.29 bits per heavy atom. The molecule has 0 aliphatic carbocycles. The van der Waals surface area contributed by atoms with Crippen molar-refractivity contribution in [2.45, 2.75) is 40.5 Å². The maximum atomic E-state index is 12.1. The first-order chi connectivity index (χ1) is 13.3. The lowest BCUT2D eigenvalue weighted by molar-refractivity contribution is -0.124. The second kappa shape index (κ2) is 10.1. The lowest BCUT2D eigenvalue weighted by Gasteiger charge is -2.13. The second-order valence-electron chi connectivity index (χ2n) is 6.96. The van der Waals surface area contributed by atoms with Crippen LogP contribution in [0.15, 0.2) is 30.3 Å². The summed E-state index contributed by atoms with van der Waals surface area (Å²) in [5.74, 6) is 0.310. The van der Waals surface area contributed by atoms with Crippen LogP contribution < -0.4 is 15.4 Å². The van der Waals surface area contributed by atoms with Crippen LogP contribution in [0.3, 0.4) is 0 Å². The molecule has 0 fully saturated rings. The molecular weight excluding hydrogens is 376 g/mol. The van der Waals surface area contributed by atoms with E-state index in [-0.39, 0.29) is 18.4 Å². The summed E-state index contributed by atoms with van der Waals surface area (Å²) >= 11 is 5.98. The predicted molar refractivity (Wildman–Crippen MR) is 113 cm³/mol. The van der Waals surface area contributed by atoms with Crippen LogP contribution in [-0.2, 0) is 9.59 Å². The average molecular weight is 403 g/mol. The highest BCUT2D eigenvalue weighted by molar-refractivity contribution is 6.31. The number of carbonyl (C=O) groups excluding carboxylic acids is 2. The highest BCUT2D eigenvalue weighted by atomic mass is 35.5. The number of hydrogen-bond donors (Lipinski definition) is 2. The van der Waals surface area contributed by atoms with Gasteiger partial charge in [0.25, 0.3) is 0 Å². The normalized spacial score (nSPS) is 10.5. The summed E-state index contributed by atoms with van der Waals surface area (Å²) in [6.45, 7) is 8.20. The fraction of sp³-hybridized carbons (Fsp3) is 0.364. The molecule has 0 radical (unpaired) electrons. The molecule has 0 unspecified atom stereocenters. The zero-order valence-corrected chi connectivity index (χ0v) is 17.6. The van der Waals surface area contributed by atoms with E-state index in [9.17, 15) is 9.59 Å². The molecule has 2 rings (SSSR count). The van der Waals surface area contributed by atoms with E-state index in [4.69, 9.17) is 16.3 Å². The molecule has 28 heavy (non-hydrogen) atoms. The molecule has 2 N–H and O–H groups in total. The highest BCUT2D eigenvalue weighted by Gasteiger charge is 2.10. The fourth-order valence-electron chi connectivity index (χ4n) is 2.96. The lowest BCUT2D eigenvalue weighted by Crippen LogP contribution is -2.33. The first-order valence-electron chi connectivity index (χ1n) is 9.29. The van der Waals surface area contributed by atoms with Crippen molar-refractivity contribution in [3.8, 4) is 5.75 Å². The molecule has 0 heterocycles. The number of halogens is 1. The Balaban J connectivity index is 1.69. The van der Waals surface area contributed by atoms with Crippen LogP contribution in [-0.4, -0.2) is 25.0 Å². The van der Waals surface area contributed by atoms with Crippen molar-refractivity contribution in [2.24, 2.45) is 0 Å². The van der Waals surface area contributed by atoms with E-state index in [1.165, 1.54) is 0 Å². The van der Waals surface area contributed by atoms with E-state index in [1.54, 1.807) is 12.1 Å². The average Bonchev–Trinajstić information content (AvgIpc) is 2.63. The summed E-state index contributed by atoms with van der Waals surface area (Å²) in [4.78, 5) is 24.0. The molecule has 6 heteroatoms. The van der Waals surface area contributed by atoms with Crippen LogP contribution in [0.5, 0.6) is 5.75 Å². The number of ether oxygens (including phenoxy) is 1. The minimum Gasteiger partial charge on any atom is -0.494 e. The molecule has 2 aromatic rings. The lowest BCUT2D eigenvalue weighted by atomic mass is 10.1. The third-order valence-electron chi connectivity index (χ3n) is 4.33. The van der Waals surface area contributed by atoms with E-state index in [0.717, 1.165) is 33.7 Å². The zero-order chi connectivity index (χ0) is 20.7. The summed E-state index contributed by atoms with van der Waals surface area (Å²) < 4.78 is 5.61. The minimum absolute atomic E-state index is 0.0528. The molecule has 0 spiro atoms. The summed E-state index contributed by atoms with van der Waals surface area (Å²) in [6, 6.07) is 9.48. The third-order valence-corrected chi connectivity index (χ3v) is 4.76. The fourth-order valence-corrected chi connectivity index (χ4v) is 3.08. The maximum absolute atomic E-state index is 12.1. The number of nitrogens with one attached hydrogen (secondary N) is 2. The Morgan fingerprint density at radius 2 is 1.64 bits per heavy atom. The third kappa shape index (κ3) is 6.57. The minimum atomic E-state index is -0.240. The monoisotopic (exact) mass is 402 g/mol. The number of carbonyl (C=O) groups is 2. The van der Waals surface area contributed by atoms with E-state index < -0.39 is 0 Å². The van der Waals surface area contributed by atoms with Crippen LogP contribution in [0.4, 0.5) is 5.69 Å². The molecule has 0 saturated carbocycles. The molecule has 5 nitrogen and oxygen atoms in total. The van der Waals surface area contributed by atoms with Crippen LogP contribution >= 0.6 is 11.6 Å². The van der Waals surface area contributed by atoms with Gasteiger partial charge < -0.3 is 15.4 Å². The summed E-state index contributed by atoms with van der Waals surface area (Å²) in [6.07, 6.45) is 0.855. The van der Waals surface area contributed by atoms with Gasteiger partial charge >= 0.3 is 0 Å². The van der Waals surface area contributed by atoms with E-state index in [0.29, 0.717) is 24.5 Å². The van der Waals surface area contributed by atoms with Gasteiger partial charge in [-0.2, -0.15) is 0 Å². The highest BCUT2D eigenvalue weighted by Crippen LogP contribution is 2.22. The van der Waals surface area contributed by atoms with Gasteiger partial charge in [0.1, 0.15) is 5.75 Å². The Bertz CT molecular complexity index is 842. The van der Waals surface area contributed by atoms with Gasteiger partial charge in [-0.3, -0.25) is 9.59 Å². The van der Waals surface area contributed by atoms with E-state index in [2.05, 4.69) is 10.6 Å². The van der Waals surface area contributed by atoms with Gasteiger partial charge in [0.15, 0.2) is 0 Å². The van der Waals surface area contributed by atoms with Crippen molar-refractivity contribution in [2.75, 3.05) is 18.5 Å². The smallest absolute Gasteiger partial charge is 0.243 e. The van der Waals surface area contributed by atoms with Crippen molar-refractivity contribution in [3.05, 3.63) is 57.6 Å². The first-order valence-corrected chi connectivity index (χ1v) is 9.67. The molecule has 0 aromatic heterocycles. The summed E-state index contributed by atoms with van der Waals surface area (Å²) in [5.41, 5.74) is 4.91. The van der Waals surface area contributed by atoms with Gasteiger partial charge in [-0.25, -0.2) is 0 Å². The number of hydrogen-bond acceptors (Lipinski definition) is 3. The molecule has 0 aliphatic rings. The summed E-state index contributed by atoms with van der Waals surface area (Å²) in [5, 5.41) is 6.21. The van der Waals surface area contributed by atoms with Crippen molar-refractivity contribution < 1.29 is 14.3 Å². The van der Waals surface area contributed by atoms with Gasteiger partial charge in [0.2, 0.25) is 11.8 Å². The van der Waals surface area contributed by atoms with Crippen molar-refractivity contribution in [3.63, 3.8) is 0 Å². The van der Waals surface area contributed by atoms with Gasteiger partial charge in [-0.15, -0.1) is 0 Å².